The molecule has 0 aliphatic rings. The second kappa shape index (κ2) is 6.68. The summed E-state index contributed by atoms with van der Waals surface area (Å²) in [5.41, 5.74) is 0.177. The van der Waals surface area contributed by atoms with E-state index in [4.69, 9.17) is 10.1 Å². The van der Waals surface area contributed by atoms with Crippen LogP contribution in [0.25, 0.3) is 4.98 Å². The van der Waals surface area contributed by atoms with Gasteiger partial charge in [-0.15, -0.1) is 0 Å². The molecule has 0 N–H and O–H groups in total. The van der Waals surface area contributed by atoms with Gasteiger partial charge in [-0.25, -0.2) is 4.39 Å². The first kappa shape index (κ1) is 15.2. The molecule has 0 spiro atoms. The largest absolute Gasteiger partial charge is 0.673 e. The monoisotopic (exact) mass is 254 g/mol. The summed E-state index contributed by atoms with van der Waals surface area (Å²) in [6.45, 7) is 2.18. The lowest BCUT2D eigenvalue weighted by Crippen LogP contribution is -2.02. The summed E-state index contributed by atoms with van der Waals surface area (Å²) in [6, 6.07) is 3.99. The van der Waals surface area contributed by atoms with Gasteiger partial charge in [0.1, 0.15) is 0 Å². The van der Waals surface area contributed by atoms with E-state index in [9.17, 15) is 21.7 Å². The second-order valence-electron chi connectivity index (χ2n) is 2.64. The molecule has 9 heteroatoms. The predicted octanol–water partition coefficient (Wildman–Crippen LogP) is 4.01. The van der Waals surface area contributed by atoms with Crippen molar-refractivity contribution in [2.75, 3.05) is 6.61 Å². The Morgan fingerprint density at radius 2 is 1.82 bits per heavy atom. The second-order valence-corrected chi connectivity index (χ2v) is 2.64. The van der Waals surface area contributed by atoms with E-state index in [0.29, 0.717) is 6.61 Å². The van der Waals surface area contributed by atoms with Crippen molar-refractivity contribution in [3.8, 4) is 5.75 Å². The molecule has 0 aromatic heterocycles. The smallest absolute Gasteiger partial charge is 0.491 e. The molecule has 0 heterocycles. The third kappa shape index (κ3) is 8.01. The maximum atomic E-state index is 12.9. The molecule has 1 rings (SSSR count). The zero-order chi connectivity index (χ0) is 13.5. The molecule has 94 valence electrons. The van der Waals surface area contributed by atoms with Gasteiger partial charge >= 0.3 is 12.9 Å². The molecule has 17 heavy (non-hydrogen) atoms. The van der Waals surface area contributed by atoms with Crippen molar-refractivity contribution in [2.45, 2.75) is 6.92 Å². The van der Waals surface area contributed by atoms with Gasteiger partial charge in [-0.05, 0) is 13.0 Å². The Labute approximate surface area is 93.9 Å². The van der Waals surface area contributed by atoms with E-state index in [0.717, 1.165) is 6.07 Å². The van der Waals surface area contributed by atoms with Crippen molar-refractivity contribution in [1.29, 1.82) is 5.39 Å². The van der Waals surface area contributed by atoms with Crippen molar-refractivity contribution in [3.05, 3.63) is 29.0 Å². The molecular weight excluding hydrogens is 246 g/mol. The van der Waals surface area contributed by atoms with Gasteiger partial charge in [-0.3, -0.25) is 0 Å². The van der Waals surface area contributed by atoms with Crippen LogP contribution in [0.2, 0.25) is 0 Å². The highest BCUT2D eigenvalue weighted by atomic mass is 19.5. The summed E-state index contributed by atoms with van der Waals surface area (Å²) in [4.78, 5) is 2.84. The summed E-state index contributed by atoms with van der Waals surface area (Å²) in [6.07, 6.45) is 0. The van der Waals surface area contributed by atoms with Gasteiger partial charge in [0.15, 0.2) is 16.5 Å². The van der Waals surface area contributed by atoms with Gasteiger partial charge in [0.25, 0.3) is 0 Å². The third-order valence-electron chi connectivity index (χ3n) is 1.33. The first-order valence-corrected chi connectivity index (χ1v) is 4.42. The van der Waals surface area contributed by atoms with Crippen LogP contribution in [0, 0.1) is 11.2 Å². The maximum Gasteiger partial charge on any atom is 0.673 e. The highest BCUT2D eigenvalue weighted by Crippen LogP contribution is 2.22. The summed E-state index contributed by atoms with van der Waals surface area (Å²) in [7, 11) is -6.00. The maximum absolute atomic E-state index is 12.9. The average molecular weight is 254 g/mol. The Morgan fingerprint density at radius 1 is 1.29 bits per heavy atom. The van der Waals surface area contributed by atoms with Crippen molar-refractivity contribution in [1.82, 2.24) is 0 Å². The SMILES string of the molecule is CCOc1ccc([N+]#N)cc1F.F[B-](F)(F)F. The van der Waals surface area contributed by atoms with Crippen LogP contribution in [0.15, 0.2) is 18.2 Å². The molecule has 0 bridgehead atoms. The van der Waals surface area contributed by atoms with E-state index in [-0.39, 0.29) is 11.4 Å². The predicted molar refractivity (Wildman–Crippen MR) is 52.5 cm³/mol. The molecular formula is C8H8BF5N2O. The van der Waals surface area contributed by atoms with Gasteiger partial charge in [-0.2, -0.15) is 0 Å². The molecule has 0 unspecified atom stereocenters. The molecule has 0 fully saturated rings. The van der Waals surface area contributed by atoms with Crippen LogP contribution in [-0.4, -0.2) is 13.9 Å². The fourth-order valence-corrected chi connectivity index (χ4v) is 0.825. The first-order valence-electron chi connectivity index (χ1n) is 4.42. The van der Waals surface area contributed by atoms with E-state index < -0.39 is 13.1 Å². The molecule has 3 nitrogen and oxygen atoms in total. The Balaban J connectivity index is 0.000000437. The quantitative estimate of drug-likeness (QED) is 0.454. The van der Waals surface area contributed by atoms with Gasteiger partial charge in [0.05, 0.1) is 12.7 Å². The van der Waals surface area contributed by atoms with Gasteiger partial charge in [-0.1, -0.05) is 0 Å². The van der Waals surface area contributed by atoms with E-state index >= 15 is 0 Å². The molecule has 0 radical (unpaired) electrons. The van der Waals surface area contributed by atoms with Crippen LogP contribution in [0.3, 0.4) is 0 Å². The zero-order valence-corrected chi connectivity index (χ0v) is 8.71. The number of ether oxygens (including phenoxy) is 1. The van der Waals surface area contributed by atoms with Crippen LogP contribution in [0.4, 0.5) is 27.3 Å². The summed E-state index contributed by atoms with van der Waals surface area (Å²) in [5.74, 6) is -0.350. The van der Waals surface area contributed by atoms with E-state index in [1.54, 1.807) is 6.92 Å². The molecule has 1 aromatic carbocycles. The van der Waals surface area contributed by atoms with Gasteiger partial charge < -0.3 is 22.0 Å². The molecule has 0 saturated heterocycles. The van der Waals surface area contributed by atoms with Crippen LogP contribution in [-0.2, 0) is 0 Å². The van der Waals surface area contributed by atoms with E-state index in [1.807, 2.05) is 0 Å². The van der Waals surface area contributed by atoms with Crippen molar-refractivity contribution in [2.24, 2.45) is 0 Å². The van der Waals surface area contributed by atoms with Crippen LogP contribution in [0.1, 0.15) is 6.92 Å². The normalized spacial score (nSPS) is 9.94. The fraction of sp³-hybridized carbons (Fsp3) is 0.250. The number of nitrogens with zero attached hydrogens (tertiary/aromatic N) is 2. The number of hydrogen-bond donors (Lipinski definition) is 0. The number of rotatable bonds is 2. The fourth-order valence-electron chi connectivity index (χ4n) is 0.825. The number of benzene rings is 1. The minimum atomic E-state index is -6.00. The van der Waals surface area contributed by atoms with E-state index in [2.05, 4.69) is 4.98 Å². The lowest BCUT2D eigenvalue weighted by atomic mass is 10.3. The molecule has 0 aliphatic carbocycles. The van der Waals surface area contributed by atoms with Crippen LogP contribution < -0.4 is 4.74 Å². The Bertz CT molecular complexity index is 398. The van der Waals surface area contributed by atoms with Gasteiger partial charge in [0, 0.05) is 6.07 Å². The Kier molecular flexibility index (Phi) is 5.95. The first-order chi connectivity index (χ1) is 7.77. The molecule has 0 amide bonds. The standard InChI is InChI=1S/C8H8FN2O.BF4/c1-2-12-8-4-3-6(11-10)5-7(8)9;2-1(3,4)5/h3-5H,2H2,1H3;/q+1;-1. The number of halogens is 5. The number of hydrogen-bond acceptors (Lipinski definition) is 2. The van der Waals surface area contributed by atoms with Gasteiger partial charge in [0.2, 0.25) is 5.39 Å². The van der Waals surface area contributed by atoms with Crippen LogP contribution >= 0.6 is 0 Å². The van der Waals surface area contributed by atoms with Crippen molar-refractivity contribution >= 4 is 12.9 Å². The lowest BCUT2D eigenvalue weighted by Gasteiger charge is -2.00. The van der Waals surface area contributed by atoms with E-state index in [1.165, 1.54) is 12.1 Å². The zero-order valence-electron chi connectivity index (χ0n) is 8.71. The molecule has 1 aromatic rings. The Morgan fingerprint density at radius 3 is 2.18 bits per heavy atom. The van der Waals surface area contributed by atoms with Crippen molar-refractivity contribution in [3.63, 3.8) is 0 Å². The minimum Gasteiger partial charge on any atom is -0.491 e. The Hall–Kier alpha value is -1.85. The highest BCUT2D eigenvalue weighted by molar-refractivity contribution is 6.50. The van der Waals surface area contributed by atoms with Crippen molar-refractivity contribution < 1.29 is 26.4 Å². The number of diazo groups is 1. The molecule has 0 atom stereocenters. The summed E-state index contributed by atoms with van der Waals surface area (Å²) in [5, 5.41) is 8.30. The molecule has 0 saturated carbocycles. The lowest BCUT2D eigenvalue weighted by molar-refractivity contribution is 0.321. The highest BCUT2D eigenvalue weighted by Gasteiger charge is 2.20. The topological polar surface area (TPSA) is 37.4 Å². The molecule has 0 aliphatic heterocycles. The minimum absolute atomic E-state index is 0.171. The summed E-state index contributed by atoms with van der Waals surface area (Å²) >= 11 is 0. The van der Waals surface area contributed by atoms with Crippen LogP contribution in [0.5, 0.6) is 5.75 Å². The average Bonchev–Trinajstić information content (AvgIpc) is 2.19. The third-order valence-corrected chi connectivity index (χ3v) is 1.33. The summed E-state index contributed by atoms with van der Waals surface area (Å²) < 4.78 is 56.9.